The van der Waals surface area contributed by atoms with Crippen molar-refractivity contribution in [1.29, 1.82) is 0 Å². The third-order valence-electron chi connectivity index (χ3n) is 6.12. The highest BCUT2D eigenvalue weighted by atomic mass is 35.5. The maximum atomic E-state index is 14.5. The van der Waals surface area contributed by atoms with Crippen LogP contribution >= 0.6 is 19.3 Å². The van der Waals surface area contributed by atoms with E-state index in [0.29, 0.717) is 0 Å². The van der Waals surface area contributed by atoms with Gasteiger partial charge in [-0.25, -0.2) is 18.3 Å². The molecule has 0 saturated carbocycles. The molecule has 0 amide bonds. The van der Waals surface area contributed by atoms with E-state index in [1.165, 1.54) is 19.1 Å². The maximum absolute atomic E-state index is 14.5. The number of nitrogen functional groups attached to an aromatic ring is 1. The zero-order valence-corrected chi connectivity index (χ0v) is 23.8. The van der Waals surface area contributed by atoms with Crippen molar-refractivity contribution >= 4 is 48.2 Å². The Labute approximate surface area is 238 Å². The number of carbonyl (C=O) groups excluding carboxylic acids is 1. The summed E-state index contributed by atoms with van der Waals surface area (Å²) in [4.78, 5) is 21.7. The zero-order chi connectivity index (χ0) is 29.9. The van der Waals surface area contributed by atoms with Gasteiger partial charge in [-0.15, -0.1) is 11.6 Å². The third-order valence-corrected chi connectivity index (χ3v) is 8.34. The largest absolute Gasteiger partial charge is 0.465 e. The van der Waals surface area contributed by atoms with Gasteiger partial charge < -0.3 is 30.2 Å². The van der Waals surface area contributed by atoms with E-state index in [1.807, 2.05) is 0 Å². The molecule has 1 aromatic carbocycles. The van der Waals surface area contributed by atoms with Crippen molar-refractivity contribution in [3.05, 3.63) is 36.7 Å². The minimum absolute atomic E-state index is 0.00861. The number of aliphatic hydroxyl groups excluding tert-OH is 1. The van der Waals surface area contributed by atoms with Crippen molar-refractivity contribution in [2.24, 2.45) is 0 Å². The maximum Gasteiger partial charge on any atom is 0.459 e. The van der Waals surface area contributed by atoms with Gasteiger partial charge in [0.05, 0.1) is 19.5 Å². The highest BCUT2D eigenvalue weighted by Gasteiger charge is 2.62. The second-order valence-corrected chi connectivity index (χ2v) is 11.3. The molecule has 0 aliphatic carbocycles. The molecule has 41 heavy (non-hydrogen) atoms. The number of aliphatic hydroxyl groups is 1. The molecule has 0 radical (unpaired) electrons. The standard InChI is InChI=1S/C23H29ClF2N7O7P/c1-4-37-19(35)12(2)32-41(36,40-13-8-6-5-7-9-13)38-10-14-16(34)23(24,20(25)26)21(39-14)33-11-29-15-17(28-3)30-22(27)31-18(15)33/h5-9,11-12,14,16,20-21,34H,4,10H2,1-3H3,(H,32,36)(H3,27,28,30,31)/t12-,14+,16+,21+,23-,41?/m0/s1. The van der Waals surface area contributed by atoms with Crippen LogP contribution < -0.4 is 20.7 Å². The quantitative estimate of drug-likeness (QED) is 0.132. The molecule has 3 heterocycles. The van der Waals surface area contributed by atoms with Crippen LogP contribution in [0.3, 0.4) is 0 Å². The number of imidazole rings is 1. The van der Waals surface area contributed by atoms with Gasteiger partial charge in [-0.1, -0.05) is 18.2 Å². The lowest BCUT2D eigenvalue weighted by atomic mass is 9.99. The van der Waals surface area contributed by atoms with Crippen LogP contribution in [0.4, 0.5) is 20.5 Å². The van der Waals surface area contributed by atoms with E-state index in [-0.39, 0.29) is 35.3 Å². The Morgan fingerprint density at radius 1 is 1.34 bits per heavy atom. The van der Waals surface area contributed by atoms with Crippen LogP contribution in [0.15, 0.2) is 36.7 Å². The molecule has 1 aliphatic rings. The Morgan fingerprint density at radius 3 is 2.68 bits per heavy atom. The fraction of sp³-hybridized carbons (Fsp3) is 0.478. The van der Waals surface area contributed by atoms with Crippen molar-refractivity contribution in [1.82, 2.24) is 24.6 Å². The molecule has 1 saturated heterocycles. The molecule has 2 aromatic heterocycles. The molecule has 1 unspecified atom stereocenters. The number of nitrogens with two attached hydrogens (primary N) is 1. The number of hydrogen-bond acceptors (Lipinski definition) is 12. The number of alkyl halides is 3. The molecule has 224 valence electrons. The van der Waals surface area contributed by atoms with E-state index < -0.39 is 56.1 Å². The first-order chi connectivity index (χ1) is 19.4. The number of hydrogen-bond donors (Lipinski definition) is 4. The molecule has 0 bridgehead atoms. The Morgan fingerprint density at radius 2 is 2.05 bits per heavy atom. The van der Waals surface area contributed by atoms with Crippen molar-refractivity contribution in [3.63, 3.8) is 0 Å². The second kappa shape index (κ2) is 12.4. The molecule has 6 atom stereocenters. The van der Waals surface area contributed by atoms with Gasteiger partial charge in [-0.2, -0.15) is 15.1 Å². The molecule has 4 rings (SSSR count). The van der Waals surface area contributed by atoms with Gasteiger partial charge >= 0.3 is 13.7 Å². The molecule has 1 fully saturated rings. The van der Waals surface area contributed by atoms with Crippen LogP contribution in [-0.4, -0.2) is 80.4 Å². The van der Waals surface area contributed by atoms with Crippen molar-refractivity contribution < 1.29 is 41.8 Å². The lowest BCUT2D eigenvalue weighted by Gasteiger charge is -2.29. The smallest absolute Gasteiger partial charge is 0.459 e. The van der Waals surface area contributed by atoms with E-state index in [4.69, 9.17) is 35.9 Å². The highest BCUT2D eigenvalue weighted by molar-refractivity contribution is 7.52. The van der Waals surface area contributed by atoms with Crippen LogP contribution in [-0.2, 0) is 23.4 Å². The number of rotatable bonds is 12. The average Bonchev–Trinajstić information content (AvgIpc) is 3.46. The van der Waals surface area contributed by atoms with E-state index in [9.17, 15) is 23.2 Å². The summed E-state index contributed by atoms with van der Waals surface area (Å²) in [5.41, 5.74) is 5.96. The first kappa shape index (κ1) is 30.8. The van der Waals surface area contributed by atoms with Crippen LogP contribution in [0.1, 0.15) is 20.1 Å². The summed E-state index contributed by atoms with van der Waals surface area (Å²) in [6.45, 7) is 2.30. The summed E-state index contributed by atoms with van der Waals surface area (Å²) >= 11 is 6.37. The monoisotopic (exact) mass is 619 g/mol. The van der Waals surface area contributed by atoms with Crippen LogP contribution in [0.25, 0.3) is 11.2 Å². The molecular formula is C23H29ClF2N7O7P. The Hall–Kier alpha value is -3.14. The van der Waals surface area contributed by atoms with Gasteiger partial charge in [0.2, 0.25) is 5.95 Å². The number of aromatic nitrogens is 4. The Kier molecular flexibility index (Phi) is 9.31. The summed E-state index contributed by atoms with van der Waals surface area (Å²) in [6, 6.07) is 6.74. The van der Waals surface area contributed by atoms with Gasteiger partial charge in [0.25, 0.3) is 6.43 Å². The SMILES string of the molecule is CCOC(=O)[C@H](C)NP(=O)(OC[C@H]1O[C@@H](n2cnc3c(NC)nc(N)nc32)[C@@](Cl)(C(F)F)[C@@H]1O)Oc1ccccc1. The Balaban J connectivity index is 1.62. The topological polar surface area (TPSA) is 185 Å². The van der Waals surface area contributed by atoms with Crippen molar-refractivity contribution in [2.75, 3.05) is 31.3 Å². The predicted molar refractivity (Wildman–Crippen MR) is 144 cm³/mol. The van der Waals surface area contributed by atoms with E-state index in [1.54, 1.807) is 32.2 Å². The first-order valence-electron chi connectivity index (χ1n) is 12.4. The molecule has 1 aliphatic heterocycles. The third kappa shape index (κ3) is 6.22. The predicted octanol–water partition coefficient (Wildman–Crippen LogP) is 2.70. The number of ether oxygens (including phenoxy) is 2. The number of carbonyl (C=O) groups is 1. The van der Waals surface area contributed by atoms with Crippen molar-refractivity contribution in [3.8, 4) is 5.75 Å². The number of nitrogens with zero attached hydrogens (tertiary/aromatic N) is 4. The fourth-order valence-electron chi connectivity index (χ4n) is 4.14. The summed E-state index contributed by atoms with van der Waals surface area (Å²) in [5, 5.41) is 16.2. The second-order valence-electron chi connectivity index (χ2n) is 8.90. The number of fused-ring (bicyclic) bond motifs is 1. The lowest BCUT2D eigenvalue weighted by Crippen LogP contribution is -2.48. The summed E-state index contributed by atoms with van der Waals surface area (Å²) in [5.74, 6) is -0.577. The molecule has 18 heteroatoms. The first-order valence-corrected chi connectivity index (χ1v) is 14.3. The molecule has 0 spiro atoms. The Bertz CT molecular complexity index is 1420. The average molecular weight is 620 g/mol. The summed E-state index contributed by atoms with van der Waals surface area (Å²) in [6.07, 6.45) is -7.48. The number of anilines is 2. The number of para-hydroxylation sites is 1. The molecular weight excluding hydrogens is 591 g/mol. The van der Waals surface area contributed by atoms with Crippen LogP contribution in [0.2, 0.25) is 0 Å². The van der Waals surface area contributed by atoms with Gasteiger partial charge in [-0.3, -0.25) is 13.9 Å². The number of halogens is 3. The number of benzene rings is 1. The minimum Gasteiger partial charge on any atom is -0.465 e. The van der Waals surface area contributed by atoms with Crippen molar-refractivity contribution in [2.45, 2.75) is 49.6 Å². The van der Waals surface area contributed by atoms with Gasteiger partial charge in [0.1, 0.15) is 24.0 Å². The summed E-state index contributed by atoms with van der Waals surface area (Å²) < 4.78 is 65.5. The normalized spacial score (nSPS) is 24.7. The van der Waals surface area contributed by atoms with E-state index >= 15 is 0 Å². The van der Waals surface area contributed by atoms with E-state index in [0.717, 1.165) is 10.9 Å². The summed E-state index contributed by atoms with van der Waals surface area (Å²) in [7, 11) is -2.84. The zero-order valence-electron chi connectivity index (χ0n) is 22.1. The highest BCUT2D eigenvalue weighted by Crippen LogP contribution is 2.51. The van der Waals surface area contributed by atoms with Gasteiger partial charge in [-0.05, 0) is 26.0 Å². The number of esters is 1. The van der Waals surface area contributed by atoms with Crippen LogP contribution in [0, 0.1) is 0 Å². The molecule has 14 nitrogen and oxygen atoms in total. The fourth-order valence-corrected chi connectivity index (χ4v) is 5.94. The molecule has 3 aromatic rings. The van der Waals surface area contributed by atoms with Gasteiger partial charge in [0.15, 0.2) is 28.1 Å². The van der Waals surface area contributed by atoms with Gasteiger partial charge in [0, 0.05) is 7.05 Å². The van der Waals surface area contributed by atoms with E-state index in [2.05, 4.69) is 25.4 Å². The number of nitrogens with one attached hydrogen (secondary N) is 2. The molecule has 5 N–H and O–H groups in total. The van der Waals surface area contributed by atoms with Crippen LogP contribution in [0.5, 0.6) is 5.75 Å². The minimum atomic E-state index is -4.39. The lowest BCUT2D eigenvalue weighted by molar-refractivity contribution is -0.144.